The summed E-state index contributed by atoms with van der Waals surface area (Å²) < 4.78 is 5.18. The second kappa shape index (κ2) is 7.42. The van der Waals surface area contributed by atoms with Crippen molar-refractivity contribution in [3.05, 3.63) is 0 Å². The van der Waals surface area contributed by atoms with Gasteiger partial charge in [-0.1, -0.05) is 26.7 Å². The molecular weight excluding hydrogens is 204 g/mol. The Labute approximate surface area is 98.6 Å². The lowest BCUT2D eigenvalue weighted by Gasteiger charge is -2.19. The lowest BCUT2D eigenvalue weighted by Crippen LogP contribution is -2.26. The molecule has 0 heterocycles. The van der Waals surface area contributed by atoms with Gasteiger partial charge in [-0.15, -0.1) is 0 Å². The first-order valence-electron chi connectivity index (χ1n) is 6.09. The molecule has 0 saturated heterocycles. The highest BCUT2D eigenvalue weighted by atomic mass is 16.5. The van der Waals surface area contributed by atoms with Gasteiger partial charge in [-0.2, -0.15) is 0 Å². The number of esters is 1. The fourth-order valence-corrected chi connectivity index (χ4v) is 1.35. The van der Waals surface area contributed by atoms with Crippen molar-refractivity contribution in [2.45, 2.75) is 53.4 Å². The summed E-state index contributed by atoms with van der Waals surface area (Å²) in [7, 11) is 0. The Kier molecular flexibility index (Phi) is 7.02. The lowest BCUT2D eigenvalue weighted by molar-refractivity contribution is -0.152. The van der Waals surface area contributed by atoms with E-state index in [1.165, 1.54) is 0 Å². The monoisotopic (exact) mass is 228 g/mol. The standard InChI is InChI=1S/C13H24O3/c1-5-7-8-11(6-2)12(15)16-10-13(3,4)9-14/h9,11H,5-8,10H2,1-4H3. The third-order valence-corrected chi connectivity index (χ3v) is 2.64. The van der Waals surface area contributed by atoms with E-state index in [9.17, 15) is 9.59 Å². The van der Waals surface area contributed by atoms with Gasteiger partial charge in [0.15, 0.2) is 0 Å². The van der Waals surface area contributed by atoms with E-state index in [1.54, 1.807) is 13.8 Å². The minimum absolute atomic E-state index is 0.0117. The molecule has 0 aliphatic rings. The van der Waals surface area contributed by atoms with Gasteiger partial charge in [0.25, 0.3) is 0 Å². The normalized spacial score (nSPS) is 13.2. The molecule has 0 aromatic heterocycles. The second-order valence-electron chi connectivity index (χ2n) is 4.96. The highest BCUT2D eigenvalue weighted by Gasteiger charge is 2.22. The third-order valence-electron chi connectivity index (χ3n) is 2.64. The van der Waals surface area contributed by atoms with E-state index in [-0.39, 0.29) is 18.5 Å². The first-order valence-corrected chi connectivity index (χ1v) is 6.09. The second-order valence-corrected chi connectivity index (χ2v) is 4.96. The number of unbranched alkanes of at least 4 members (excludes halogenated alkanes) is 1. The molecule has 0 aliphatic carbocycles. The van der Waals surface area contributed by atoms with Crippen LogP contribution in [-0.4, -0.2) is 18.9 Å². The third kappa shape index (κ3) is 5.89. The van der Waals surface area contributed by atoms with Gasteiger partial charge in [0.2, 0.25) is 0 Å². The van der Waals surface area contributed by atoms with E-state index in [2.05, 4.69) is 6.92 Å². The number of carbonyl (C=O) groups excluding carboxylic acids is 2. The molecule has 0 amide bonds. The van der Waals surface area contributed by atoms with E-state index in [4.69, 9.17) is 4.74 Å². The van der Waals surface area contributed by atoms with Crippen LogP contribution in [0.15, 0.2) is 0 Å². The van der Waals surface area contributed by atoms with Crippen LogP contribution in [0.25, 0.3) is 0 Å². The molecule has 1 unspecified atom stereocenters. The molecule has 3 nitrogen and oxygen atoms in total. The zero-order valence-electron chi connectivity index (χ0n) is 10.9. The molecule has 0 aromatic rings. The van der Waals surface area contributed by atoms with Gasteiger partial charge in [-0.3, -0.25) is 4.79 Å². The molecule has 1 atom stereocenters. The van der Waals surface area contributed by atoms with Gasteiger partial charge in [-0.25, -0.2) is 0 Å². The summed E-state index contributed by atoms with van der Waals surface area (Å²) in [6.45, 7) is 7.80. The van der Waals surface area contributed by atoms with E-state index in [1.807, 2.05) is 6.92 Å². The largest absolute Gasteiger partial charge is 0.464 e. The smallest absolute Gasteiger partial charge is 0.308 e. The Morgan fingerprint density at radius 2 is 2.00 bits per heavy atom. The van der Waals surface area contributed by atoms with Crippen LogP contribution in [0.4, 0.5) is 0 Å². The van der Waals surface area contributed by atoms with Crippen molar-refractivity contribution in [1.82, 2.24) is 0 Å². The Balaban J connectivity index is 4.06. The van der Waals surface area contributed by atoms with Crippen molar-refractivity contribution in [3.63, 3.8) is 0 Å². The number of hydrogen-bond donors (Lipinski definition) is 0. The zero-order valence-corrected chi connectivity index (χ0v) is 10.9. The predicted molar refractivity (Wildman–Crippen MR) is 64.1 cm³/mol. The van der Waals surface area contributed by atoms with E-state index in [0.29, 0.717) is 0 Å². The maximum Gasteiger partial charge on any atom is 0.308 e. The first-order chi connectivity index (χ1) is 7.46. The highest BCUT2D eigenvalue weighted by molar-refractivity contribution is 5.72. The zero-order chi connectivity index (χ0) is 12.6. The first kappa shape index (κ1) is 15.1. The van der Waals surface area contributed by atoms with Crippen LogP contribution in [0.3, 0.4) is 0 Å². The molecule has 0 N–H and O–H groups in total. The Bertz CT molecular complexity index is 221. The highest BCUT2D eigenvalue weighted by Crippen LogP contribution is 2.17. The SMILES string of the molecule is CCCCC(CC)C(=O)OCC(C)(C)C=O. The maximum absolute atomic E-state index is 11.7. The van der Waals surface area contributed by atoms with Crippen molar-refractivity contribution in [2.24, 2.45) is 11.3 Å². The molecule has 0 aliphatic heterocycles. The summed E-state index contributed by atoms with van der Waals surface area (Å²) in [5.41, 5.74) is -0.571. The van der Waals surface area contributed by atoms with Gasteiger partial charge in [0.1, 0.15) is 12.9 Å². The quantitative estimate of drug-likeness (QED) is 0.474. The average molecular weight is 228 g/mol. The Morgan fingerprint density at radius 1 is 1.38 bits per heavy atom. The molecule has 94 valence electrons. The van der Waals surface area contributed by atoms with Gasteiger partial charge in [0, 0.05) is 0 Å². The van der Waals surface area contributed by atoms with E-state index in [0.717, 1.165) is 32.0 Å². The summed E-state index contributed by atoms with van der Waals surface area (Å²) in [4.78, 5) is 22.4. The summed E-state index contributed by atoms with van der Waals surface area (Å²) >= 11 is 0. The van der Waals surface area contributed by atoms with Gasteiger partial charge in [0.05, 0.1) is 11.3 Å². The maximum atomic E-state index is 11.7. The number of hydrogen-bond acceptors (Lipinski definition) is 3. The molecule has 0 saturated carbocycles. The minimum atomic E-state index is -0.571. The molecule has 0 bridgehead atoms. The van der Waals surface area contributed by atoms with Crippen molar-refractivity contribution >= 4 is 12.3 Å². The van der Waals surface area contributed by atoms with Gasteiger partial charge in [-0.05, 0) is 26.7 Å². The molecule has 0 rings (SSSR count). The molecule has 0 fully saturated rings. The average Bonchev–Trinajstić information content (AvgIpc) is 2.27. The fraction of sp³-hybridized carbons (Fsp3) is 0.846. The lowest BCUT2D eigenvalue weighted by atomic mass is 9.97. The topological polar surface area (TPSA) is 43.4 Å². The molecule has 0 radical (unpaired) electrons. The summed E-state index contributed by atoms with van der Waals surface area (Å²) in [5, 5.41) is 0. The number of carbonyl (C=O) groups is 2. The summed E-state index contributed by atoms with van der Waals surface area (Å²) in [6.07, 6.45) is 4.65. The van der Waals surface area contributed by atoms with Crippen LogP contribution in [0.2, 0.25) is 0 Å². The van der Waals surface area contributed by atoms with Crippen LogP contribution in [0.5, 0.6) is 0 Å². The Hall–Kier alpha value is -0.860. The van der Waals surface area contributed by atoms with Crippen LogP contribution >= 0.6 is 0 Å². The van der Waals surface area contributed by atoms with Gasteiger partial charge < -0.3 is 9.53 Å². The van der Waals surface area contributed by atoms with Crippen molar-refractivity contribution in [3.8, 4) is 0 Å². The van der Waals surface area contributed by atoms with Crippen molar-refractivity contribution < 1.29 is 14.3 Å². The van der Waals surface area contributed by atoms with Crippen molar-refractivity contribution in [1.29, 1.82) is 0 Å². The summed E-state index contributed by atoms with van der Waals surface area (Å²) in [5.74, 6) is -0.173. The number of ether oxygens (including phenoxy) is 1. The number of aldehydes is 1. The van der Waals surface area contributed by atoms with Gasteiger partial charge >= 0.3 is 5.97 Å². The van der Waals surface area contributed by atoms with Crippen LogP contribution < -0.4 is 0 Å². The summed E-state index contributed by atoms with van der Waals surface area (Å²) in [6, 6.07) is 0. The predicted octanol–water partition coefficient (Wildman–Crippen LogP) is 2.97. The number of rotatable bonds is 8. The van der Waals surface area contributed by atoms with E-state index >= 15 is 0 Å². The van der Waals surface area contributed by atoms with E-state index < -0.39 is 5.41 Å². The minimum Gasteiger partial charge on any atom is -0.464 e. The molecule has 0 spiro atoms. The fourth-order valence-electron chi connectivity index (χ4n) is 1.35. The van der Waals surface area contributed by atoms with Crippen molar-refractivity contribution in [2.75, 3.05) is 6.61 Å². The van der Waals surface area contributed by atoms with Crippen LogP contribution in [-0.2, 0) is 14.3 Å². The van der Waals surface area contributed by atoms with Crippen LogP contribution in [0, 0.1) is 11.3 Å². The molecule has 0 aromatic carbocycles. The van der Waals surface area contributed by atoms with Crippen LogP contribution in [0.1, 0.15) is 53.4 Å². The molecular formula is C13H24O3. The molecule has 16 heavy (non-hydrogen) atoms. The molecule has 3 heteroatoms. The Morgan fingerprint density at radius 3 is 2.44 bits per heavy atom.